The van der Waals surface area contributed by atoms with Crippen LogP contribution in [-0.4, -0.2) is 35.7 Å². The van der Waals surface area contributed by atoms with E-state index in [0.29, 0.717) is 25.4 Å². The summed E-state index contributed by atoms with van der Waals surface area (Å²) in [4.78, 5) is 28.8. The Hall–Kier alpha value is -2.21. The van der Waals surface area contributed by atoms with Crippen LogP contribution in [0.1, 0.15) is 29.7 Å². The molecule has 0 radical (unpaired) electrons. The van der Waals surface area contributed by atoms with Gasteiger partial charge in [-0.3, -0.25) is 9.59 Å². The van der Waals surface area contributed by atoms with Gasteiger partial charge in [-0.25, -0.2) is 4.98 Å². The van der Waals surface area contributed by atoms with Crippen LogP contribution in [0.25, 0.3) is 11.0 Å². The number of nitrogens with one attached hydrogen (secondary N) is 1. The lowest BCUT2D eigenvalue weighted by atomic mass is 10.1. The maximum atomic E-state index is 12.4. The number of fused-ring (bicyclic) bond motifs is 1. The molecule has 1 aromatic heterocycles. The second kappa shape index (κ2) is 8.06. The number of hydrogen-bond acceptors (Lipinski definition) is 4. The van der Waals surface area contributed by atoms with Crippen LogP contribution in [0.5, 0.6) is 0 Å². The summed E-state index contributed by atoms with van der Waals surface area (Å²) in [7, 11) is 1.63. The number of aryl methyl sites for hydroxylation is 4. The fourth-order valence-electron chi connectivity index (χ4n) is 2.59. The summed E-state index contributed by atoms with van der Waals surface area (Å²) >= 11 is 0. The Bertz CT molecular complexity index is 796. The van der Waals surface area contributed by atoms with Gasteiger partial charge in [-0.2, -0.15) is 0 Å². The van der Waals surface area contributed by atoms with Gasteiger partial charge in [-0.1, -0.05) is 0 Å². The van der Waals surface area contributed by atoms with Crippen molar-refractivity contribution in [3.63, 3.8) is 0 Å². The smallest absolute Gasteiger partial charge is 0.272 e. The molecule has 0 saturated heterocycles. The van der Waals surface area contributed by atoms with Crippen LogP contribution in [-0.2, 0) is 16.1 Å². The van der Waals surface area contributed by atoms with Gasteiger partial charge in [0, 0.05) is 33.2 Å². The van der Waals surface area contributed by atoms with E-state index in [9.17, 15) is 9.59 Å². The van der Waals surface area contributed by atoms with E-state index in [1.807, 2.05) is 26.0 Å². The lowest BCUT2D eigenvalue weighted by Crippen LogP contribution is -2.29. The summed E-state index contributed by atoms with van der Waals surface area (Å²) in [5.74, 6) is -0.0653. The number of carbonyl (C=O) groups is 1. The number of hydrogen-bond donors (Lipinski definition) is 1. The molecule has 6 heteroatoms. The van der Waals surface area contributed by atoms with Gasteiger partial charge in [0.25, 0.3) is 5.56 Å². The van der Waals surface area contributed by atoms with Crippen LogP contribution >= 0.6 is 0 Å². The van der Waals surface area contributed by atoms with Crippen molar-refractivity contribution in [2.75, 3.05) is 20.3 Å². The van der Waals surface area contributed by atoms with Crippen LogP contribution in [0.3, 0.4) is 0 Å². The molecule has 0 aliphatic heterocycles. The first-order valence-corrected chi connectivity index (χ1v) is 8.18. The molecular weight excluding hydrogens is 306 g/mol. The highest BCUT2D eigenvalue weighted by Crippen LogP contribution is 2.17. The highest BCUT2D eigenvalue weighted by molar-refractivity contribution is 5.78. The van der Waals surface area contributed by atoms with Crippen LogP contribution < -0.4 is 10.9 Å². The topological polar surface area (TPSA) is 73.2 Å². The number of nitrogens with zero attached hydrogens (tertiary/aromatic N) is 2. The Morgan fingerprint density at radius 2 is 1.96 bits per heavy atom. The van der Waals surface area contributed by atoms with Gasteiger partial charge in [0.1, 0.15) is 5.69 Å². The third-order valence-corrected chi connectivity index (χ3v) is 4.13. The molecule has 1 N–H and O–H groups in total. The van der Waals surface area contributed by atoms with E-state index in [0.717, 1.165) is 28.6 Å². The molecule has 0 aliphatic rings. The van der Waals surface area contributed by atoms with E-state index in [-0.39, 0.29) is 17.9 Å². The summed E-state index contributed by atoms with van der Waals surface area (Å²) in [6.07, 6.45) is 1.04. The van der Waals surface area contributed by atoms with Crippen LogP contribution in [0, 0.1) is 20.8 Å². The fourth-order valence-corrected chi connectivity index (χ4v) is 2.59. The third kappa shape index (κ3) is 4.20. The van der Waals surface area contributed by atoms with Crippen LogP contribution in [0.4, 0.5) is 0 Å². The maximum absolute atomic E-state index is 12.4. The third-order valence-electron chi connectivity index (χ3n) is 4.13. The van der Waals surface area contributed by atoms with Gasteiger partial charge < -0.3 is 14.6 Å². The molecule has 130 valence electrons. The lowest BCUT2D eigenvalue weighted by Gasteiger charge is -2.13. The minimum Gasteiger partial charge on any atom is -0.385 e. The van der Waals surface area contributed by atoms with E-state index < -0.39 is 0 Å². The van der Waals surface area contributed by atoms with Gasteiger partial charge in [0.15, 0.2) is 0 Å². The van der Waals surface area contributed by atoms with Crippen molar-refractivity contribution in [2.24, 2.45) is 0 Å². The second-order valence-corrected chi connectivity index (χ2v) is 6.03. The second-order valence-electron chi connectivity index (χ2n) is 6.03. The van der Waals surface area contributed by atoms with Gasteiger partial charge in [-0.05, 0) is 50.5 Å². The normalized spacial score (nSPS) is 11.0. The predicted octanol–water partition coefficient (Wildman–Crippen LogP) is 1.86. The standard InChI is InChI=1S/C18H25N3O3/c1-12-10-15-16(11-13(12)2)21(18(23)14(3)20-15)8-6-17(22)19-7-5-9-24-4/h10-11H,5-9H2,1-4H3,(H,19,22). The lowest BCUT2D eigenvalue weighted by molar-refractivity contribution is -0.121. The molecule has 24 heavy (non-hydrogen) atoms. The number of carbonyl (C=O) groups excluding carboxylic acids is 1. The average molecular weight is 331 g/mol. The Kier molecular flexibility index (Phi) is 6.09. The molecule has 0 aliphatic carbocycles. The molecule has 2 aromatic rings. The maximum Gasteiger partial charge on any atom is 0.272 e. The van der Waals surface area contributed by atoms with E-state index in [2.05, 4.69) is 10.3 Å². The van der Waals surface area contributed by atoms with Gasteiger partial charge >= 0.3 is 0 Å². The molecule has 0 spiro atoms. The van der Waals surface area contributed by atoms with Crippen molar-refractivity contribution in [3.05, 3.63) is 39.3 Å². The minimum absolute atomic E-state index is 0.0653. The molecule has 2 rings (SSSR count). The summed E-state index contributed by atoms with van der Waals surface area (Å²) in [5.41, 5.74) is 4.11. The number of amides is 1. The van der Waals surface area contributed by atoms with Crippen molar-refractivity contribution < 1.29 is 9.53 Å². The van der Waals surface area contributed by atoms with E-state index >= 15 is 0 Å². The Morgan fingerprint density at radius 1 is 1.25 bits per heavy atom. The molecule has 1 amide bonds. The summed E-state index contributed by atoms with van der Waals surface area (Å²) in [6, 6.07) is 3.95. The first-order chi connectivity index (χ1) is 11.4. The highest BCUT2D eigenvalue weighted by Gasteiger charge is 2.11. The van der Waals surface area contributed by atoms with Crippen molar-refractivity contribution in [2.45, 2.75) is 40.2 Å². The number of ether oxygens (including phenoxy) is 1. The van der Waals surface area contributed by atoms with E-state index in [4.69, 9.17) is 4.74 Å². The van der Waals surface area contributed by atoms with Crippen molar-refractivity contribution in [3.8, 4) is 0 Å². The zero-order valence-electron chi connectivity index (χ0n) is 14.8. The molecule has 1 heterocycles. The first-order valence-electron chi connectivity index (χ1n) is 8.18. The number of rotatable bonds is 7. The molecule has 1 aromatic carbocycles. The van der Waals surface area contributed by atoms with Crippen LogP contribution in [0.15, 0.2) is 16.9 Å². The molecule has 0 bridgehead atoms. The quantitative estimate of drug-likeness (QED) is 0.786. The molecule has 0 fully saturated rings. The van der Waals surface area contributed by atoms with Crippen LogP contribution in [0.2, 0.25) is 0 Å². The summed E-state index contributed by atoms with van der Waals surface area (Å²) < 4.78 is 6.60. The van der Waals surface area contributed by atoms with Crippen molar-refractivity contribution >= 4 is 16.9 Å². The Balaban J connectivity index is 2.19. The molecule has 6 nitrogen and oxygen atoms in total. The molecular formula is C18H25N3O3. The average Bonchev–Trinajstić information content (AvgIpc) is 2.54. The highest BCUT2D eigenvalue weighted by atomic mass is 16.5. The predicted molar refractivity (Wildman–Crippen MR) is 94.3 cm³/mol. The first kappa shape index (κ1) is 18.1. The van der Waals surface area contributed by atoms with Gasteiger partial charge in [-0.15, -0.1) is 0 Å². The van der Waals surface area contributed by atoms with Crippen molar-refractivity contribution in [1.29, 1.82) is 0 Å². The zero-order valence-corrected chi connectivity index (χ0v) is 14.8. The van der Waals surface area contributed by atoms with Gasteiger partial charge in [0.05, 0.1) is 11.0 Å². The Morgan fingerprint density at radius 3 is 2.67 bits per heavy atom. The number of methoxy groups -OCH3 is 1. The molecule has 0 saturated carbocycles. The van der Waals surface area contributed by atoms with Crippen molar-refractivity contribution in [1.82, 2.24) is 14.9 Å². The fraction of sp³-hybridized carbons (Fsp3) is 0.500. The minimum atomic E-state index is -0.141. The summed E-state index contributed by atoms with van der Waals surface area (Å²) in [5, 5.41) is 2.84. The molecule has 0 unspecified atom stereocenters. The largest absolute Gasteiger partial charge is 0.385 e. The van der Waals surface area contributed by atoms with E-state index in [1.165, 1.54) is 0 Å². The number of benzene rings is 1. The molecule has 0 atom stereocenters. The monoisotopic (exact) mass is 331 g/mol. The van der Waals surface area contributed by atoms with E-state index in [1.54, 1.807) is 18.6 Å². The number of aromatic nitrogens is 2. The Labute approximate surface area is 141 Å². The SMILES string of the molecule is COCCCNC(=O)CCn1c(=O)c(C)nc2cc(C)c(C)cc21. The summed E-state index contributed by atoms with van der Waals surface area (Å²) in [6.45, 7) is 7.28. The zero-order chi connectivity index (χ0) is 17.7. The van der Waals surface area contributed by atoms with Gasteiger partial charge in [0.2, 0.25) is 5.91 Å².